The zero-order chi connectivity index (χ0) is 11.6. The third kappa shape index (κ3) is 2.81. The lowest BCUT2D eigenvalue weighted by Gasteiger charge is -2.06. The van der Waals surface area contributed by atoms with E-state index in [1.807, 2.05) is 24.3 Å². The molecule has 0 aromatic heterocycles. The summed E-state index contributed by atoms with van der Waals surface area (Å²) in [5, 5.41) is -0.157. The number of nitrogens with two attached hydrogens (primary N) is 1. The van der Waals surface area contributed by atoms with E-state index in [0.29, 0.717) is 13.1 Å². The molecule has 5 heteroatoms. The topological polar surface area (TPSA) is 72.2 Å². The summed E-state index contributed by atoms with van der Waals surface area (Å²) in [7, 11) is -3.08. The molecule has 0 bridgehead atoms. The molecule has 1 saturated carbocycles. The third-order valence-electron chi connectivity index (χ3n) is 2.70. The van der Waals surface area contributed by atoms with Gasteiger partial charge in [-0.05, 0) is 24.0 Å². The second-order valence-electron chi connectivity index (χ2n) is 4.09. The molecule has 2 rings (SSSR count). The van der Waals surface area contributed by atoms with Crippen molar-refractivity contribution >= 4 is 10.0 Å². The Bertz CT molecular complexity index is 449. The fourth-order valence-electron chi connectivity index (χ4n) is 1.47. The van der Waals surface area contributed by atoms with Gasteiger partial charge in [0.25, 0.3) is 0 Å². The van der Waals surface area contributed by atoms with Gasteiger partial charge in [-0.1, -0.05) is 24.3 Å². The highest BCUT2D eigenvalue weighted by atomic mass is 32.2. The van der Waals surface area contributed by atoms with Crippen LogP contribution in [0.2, 0.25) is 0 Å². The Morgan fingerprint density at radius 3 is 2.25 bits per heavy atom. The Morgan fingerprint density at radius 1 is 1.19 bits per heavy atom. The molecule has 3 N–H and O–H groups in total. The van der Waals surface area contributed by atoms with Crippen molar-refractivity contribution in [3.63, 3.8) is 0 Å². The quantitative estimate of drug-likeness (QED) is 0.797. The van der Waals surface area contributed by atoms with Crippen molar-refractivity contribution in [3.8, 4) is 0 Å². The number of rotatable bonds is 5. The van der Waals surface area contributed by atoms with Crippen LogP contribution in [0.1, 0.15) is 24.0 Å². The molecule has 0 spiro atoms. The molecule has 88 valence electrons. The van der Waals surface area contributed by atoms with Crippen molar-refractivity contribution in [2.45, 2.75) is 31.2 Å². The second kappa shape index (κ2) is 4.53. The number of hydrogen-bond donors (Lipinski definition) is 2. The molecule has 0 saturated heterocycles. The van der Waals surface area contributed by atoms with E-state index in [2.05, 4.69) is 4.72 Å². The van der Waals surface area contributed by atoms with Crippen molar-refractivity contribution in [3.05, 3.63) is 35.4 Å². The molecule has 16 heavy (non-hydrogen) atoms. The minimum absolute atomic E-state index is 0.157. The minimum atomic E-state index is -3.08. The first kappa shape index (κ1) is 11.6. The summed E-state index contributed by atoms with van der Waals surface area (Å²) in [5.41, 5.74) is 7.49. The molecule has 1 aliphatic carbocycles. The Balaban J connectivity index is 1.94. The van der Waals surface area contributed by atoms with E-state index in [-0.39, 0.29) is 5.25 Å². The van der Waals surface area contributed by atoms with Gasteiger partial charge < -0.3 is 5.73 Å². The first-order valence-electron chi connectivity index (χ1n) is 5.38. The molecule has 0 aliphatic heterocycles. The molecule has 0 amide bonds. The van der Waals surface area contributed by atoms with Crippen LogP contribution in [0.3, 0.4) is 0 Å². The second-order valence-corrected chi connectivity index (χ2v) is 6.13. The first-order valence-corrected chi connectivity index (χ1v) is 6.93. The number of nitrogens with one attached hydrogen (secondary N) is 1. The molecule has 0 radical (unpaired) electrons. The van der Waals surface area contributed by atoms with Gasteiger partial charge in [-0.2, -0.15) is 0 Å². The summed E-state index contributed by atoms with van der Waals surface area (Å²) in [6.07, 6.45) is 1.59. The van der Waals surface area contributed by atoms with E-state index in [9.17, 15) is 8.42 Å². The van der Waals surface area contributed by atoms with Gasteiger partial charge in [-0.15, -0.1) is 0 Å². The van der Waals surface area contributed by atoms with Crippen LogP contribution in [-0.2, 0) is 23.1 Å². The molecule has 1 aromatic rings. The van der Waals surface area contributed by atoms with Gasteiger partial charge in [-0.3, -0.25) is 0 Å². The summed E-state index contributed by atoms with van der Waals surface area (Å²) in [6, 6.07) is 7.64. The predicted molar refractivity (Wildman–Crippen MR) is 63.1 cm³/mol. The lowest BCUT2D eigenvalue weighted by molar-refractivity contribution is 0.580. The van der Waals surface area contributed by atoms with E-state index in [1.165, 1.54) is 0 Å². The van der Waals surface area contributed by atoms with Crippen molar-refractivity contribution in [1.82, 2.24) is 4.72 Å². The Hall–Kier alpha value is -0.910. The van der Waals surface area contributed by atoms with Crippen LogP contribution < -0.4 is 10.5 Å². The number of hydrogen-bond acceptors (Lipinski definition) is 3. The average Bonchev–Trinajstić information content (AvgIpc) is 3.11. The molecule has 0 heterocycles. The lowest BCUT2D eigenvalue weighted by Crippen LogP contribution is -2.26. The Morgan fingerprint density at radius 2 is 1.75 bits per heavy atom. The molecule has 0 atom stereocenters. The summed E-state index contributed by atoms with van der Waals surface area (Å²) in [4.78, 5) is 0. The monoisotopic (exact) mass is 240 g/mol. The lowest BCUT2D eigenvalue weighted by atomic mass is 10.1. The van der Waals surface area contributed by atoms with E-state index in [0.717, 1.165) is 24.0 Å². The van der Waals surface area contributed by atoms with E-state index in [1.54, 1.807) is 0 Å². The SMILES string of the molecule is NCc1ccc(CNS(=O)(=O)C2CC2)cc1. The van der Waals surface area contributed by atoms with Gasteiger partial charge in [0.2, 0.25) is 10.0 Å². The smallest absolute Gasteiger partial charge is 0.214 e. The van der Waals surface area contributed by atoms with E-state index in [4.69, 9.17) is 5.73 Å². The van der Waals surface area contributed by atoms with Gasteiger partial charge >= 0.3 is 0 Å². The predicted octanol–water partition coefficient (Wildman–Crippen LogP) is 0.727. The highest BCUT2D eigenvalue weighted by Crippen LogP contribution is 2.27. The highest BCUT2D eigenvalue weighted by molar-refractivity contribution is 7.90. The van der Waals surface area contributed by atoms with Crippen molar-refractivity contribution in [2.75, 3.05) is 0 Å². The van der Waals surface area contributed by atoms with Crippen LogP contribution in [0, 0.1) is 0 Å². The maximum atomic E-state index is 11.6. The zero-order valence-corrected chi connectivity index (χ0v) is 9.83. The minimum Gasteiger partial charge on any atom is -0.326 e. The Labute approximate surface area is 95.9 Å². The van der Waals surface area contributed by atoms with Crippen molar-refractivity contribution in [2.24, 2.45) is 5.73 Å². The van der Waals surface area contributed by atoms with Crippen LogP contribution in [0.15, 0.2) is 24.3 Å². The maximum absolute atomic E-state index is 11.6. The molecule has 1 aliphatic rings. The fourth-order valence-corrected chi connectivity index (χ4v) is 2.83. The van der Waals surface area contributed by atoms with E-state index >= 15 is 0 Å². The third-order valence-corrected chi connectivity index (χ3v) is 4.60. The van der Waals surface area contributed by atoms with Crippen LogP contribution in [-0.4, -0.2) is 13.7 Å². The van der Waals surface area contributed by atoms with Gasteiger partial charge in [0.05, 0.1) is 5.25 Å². The highest BCUT2D eigenvalue weighted by Gasteiger charge is 2.35. The van der Waals surface area contributed by atoms with Crippen LogP contribution in [0.4, 0.5) is 0 Å². The standard InChI is InChI=1S/C11H16N2O2S/c12-7-9-1-3-10(4-2-9)8-13-16(14,15)11-5-6-11/h1-4,11,13H,5-8,12H2. The van der Waals surface area contributed by atoms with Gasteiger partial charge in [-0.25, -0.2) is 13.1 Å². The summed E-state index contributed by atoms with van der Waals surface area (Å²) in [5.74, 6) is 0. The maximum Gasteiger partial charge on any atom is 0.214 e. The average molecular weight is 240 g/mol. The van der Waals surface area contributed by atoms with Crippen LogP contribution in [0.5, 0.6) is 0 Å². The normalized spacial score (nSPS) is 16.3. The molecule has 0 unspecified atom stereocenters. The Kier molecular flexibility index (Phi) is 3.28. The van der Waals surface area contributed by atoms with Crippen molar-refractivity contribution in [1.29, 1.82) is 0 Å². The fraction of sp³-hybridized carbons (Fsp3) is 0.455. The largest absolute Gasteiger partial charge is 0.326 e. The summed E-state index contributed by atoms with van der Waals surface area (Å²) in [6.45, 7) is 0.873. The van der Waals surface area contributed by atoms with E-state index < -0.39 is 10.0 Å². The molecular formula is C11H16N2O2S. The van der Waals surface area contributed by atoms with Crippen LogP contribution in [0.25, 0.3) is 0 Å². The molecule has 1 fully saturated rings. The van der Waals surface area contributed by atoms with Gasteiger partial charge in [0.1, 0.15) is 0 Å². The first-order chi connectivity index (χ1) is 7.62. The van der Waals surface area contributed by atoms with Gasteiger partial charge in [0.15, 0.2) is 0 Å². The summed E-state index contributed by atoms with van der Waals surface area (Å²) >= 11 is 0. The molecular weight excluding hydrogens is 224 g/mol. The van der Waals surface area contributed by atoms with Crippen molar-refractivity contribution < 1.29 is 8.42 Å². The van der Waals surface area contributed by atoms with Gasteiger partial charge in [0, 0.05) is 13.1 Å². The number of benzene rings is 1. The zero-order valence-electron chi connectivity index (χ0n) is 9.02. The number of sulfonamides is 1. The molecule has 4 nitrogen and oxygen atoms in total. The summed E-state index contributed by atoms with van der Waals surface area (Å²) < 4.78 is 25.7. The molecule has 1 aromatic carbocycles. The van der Waals surface area contributed by atoms with Crippen LogP contribution >= 0.6 is 0 Å².